The molecule has 2 nitrogen and oxygen atoms in total. The van der Waals surface area contributed by atoms with Gasteiger partial charge >= 0.3 is 0 Å². The highest BCUT2D eigenvalue weighted by molar-refractivity contribution is 9.10. The molecule has 0 aromatic carbocycles. The van der Waals surface area contributed by atoms with Crippen molar-refractivity contribution in [2.24, 2.45) is 5.73 Å². The molecule has 0 aliphatic heterocycles. The Kier molecular flexibility index (Phi) is 3.05. The van der Waals surface area contributed by atoms with Gasteiger partial charge in [-0.05, 0) is 45.4 Å². The summed E-state index contributed by atoms with van der Waals surface area (Å²) in [5, 5.41) is 2.04. The van der Waals surface area contributed by atoms with Crippen LogP contribution in [0.4, 0.5) is 0 Å². The predicted molar refractivity (Wildman–Crippen MR) is 61.4 cm³/mol. The lowest BCUT2D eigenvalue weighted by Gasteiger charge is -2.08. The first-order valence-corrected chi connectivity index (χ1v) is 5.94. The Morgan fingerprint density at radius 1 is 1.50 bits per heavy atom. The second-order valence-corrected chi connectivity index (χ2v) is 4.88. The molecule has 2 aromatic heterocycles. The molecule has 2 aromatic rings. The van der Waals surface area contributed by atoms with Gasteiger partial charge in [-0.15, -0.1) is 11.3 Å². The number of hydrogen-bond donors (Lipinski definition) is 1. The van der Waals surface area contributed by atoms with Gasteiger partial charge in [0.1, 0.15) is 0 Å². The average molecular weight is 272 g/mol. The third-order valence-electron chi connectivity index (χ3n) is 2.02. The quantitative estimate of drug-likeness (QED) is 0.930. The van der Waals surface area contributed by atoms with Gasteiger partial charge in [0.15, 0.2) is 0 Å². The highest BCUT2D eigenvalue weighted by atomic mass is 79.9. The Morgan fingerprint density at radius 2 is 2.36 bits per heavy atom. The van der Waals surface area contributed by atoms with E-state index < -0.39 is 0 Å². The topological polar surface area (TPSA) is 39.2 Å². The third kappa shape index (κ3) is 2.08. The summed E-state index contributed by atoms with van der Waals surface area (Å²) in [7, 11) is 0. The summed E-state index contributed by atoms with van der Waals surface area (Å²) in [5.41, 5.74) is 7.21. The molecule has 2 heterocycles. The van der Waals surface area contributed by atoms with Gasteiger partial charge in [0.25, 0.3) is 0 Å². The fourth-order valence-electron chi connectivity index (χ4n) is 1.33. The first-order valence-electron chi connectivity index (χ1n) is 4.27. The van der Waals surface area contributed by atoms with Crippen LogP contribution in [0.25, 0.3) is 0 Å². The lowest BCUT2D eigenvalue weighted by atomic mass is 10.1. The fourth-order valence-corrected chi connectivity index (χ4v) is 3.00. The van der Waals surface area contributed by atoms with Crippen LogP contribution in [0.5, 0.6) is 0 Å². The van der Waals surface area contributed by atoms with Crippen LogP contribution in [-0.2, 0) is 6.42 Å². The van der Waals surface area contributed by atoms with Gasteiger partial charge < -0.3 is 10.2 Å². The first kappa shape index (κ1) is 9.96. The Labute approximate surface area is 94.9 Å². The molecular formula is C10H10BrNOS. The maximum Gasteiger partial charge on any atom is 0.0935 e. The molecule has 1 unspecified atom stereocenters. The van der Waals surface area contributed by atoms with Crippen LogP contribution in [0.15, 0.2) is 38.9 Å². The summed E-state index contributed by atoms with van der Waals surface area (Å²) in [5.74, 6) is 0. The Balaban J connectivity index is 2.10. The minimum absolute atomic E-state index is 0.0435. The summed E-state index contributed by atoms with van der Waals surface area (Å²) in [6.07, 6.45) is 4.22. The van der Waals surface area contributed by atoms with Crippen LogP contribution < -0.4 is 5.73 Å². The van der Waals surface area contributed by atoms with Crippen LogP contribution in [-0.4, -0.2) is 0 Å². The molecule has 0 amide bonds. The van der Waals surface area contributed by atoms with Crippen molar-refractivity contribution in [3.05, 3.63) is 45.0 Å². The van der Waals surface area contributed by atoms with Crippen LogP contribution in [0, 0.1) is 0 Å². The summed E-state index contributed by atoms with van der Waals surface area (Å²) in [6, 6.07) is 4.01. The molecule has 2 rings (SSSR count). The smallest absolute Gasteiger partial charge is 0.0935 e. The Hall–Kier alpha value is -0.580. The molecule has 0 aliphatic rings. The number of nitrogens with two attached hydrogens (primary N) is 1. The van der Waals surface area contributed by atoms with Crippen molar-refractivity contribution in [3.63, 3.8) is 0 Å². The van der Waals surface area contributed by atoms with E-state index in [9.17, 15) is 0 Å². The molecule has 0 aliphatic carbocycles. The van der Waals surface area contributed by atoms with E-state index in [1.54, 1.807) is 23.9 Å². The molecule has 1 atom stereocenters. The van der Waals surface area contributed by atoms with Crippen molar-refractivity contribution in [3.8, 4) is 0 Å². The van der Waals surface area contributed by atoms with Gasteiger partial charge in [-0.2, -0.15) is 0 Å². The van der Waals surface area contributed by atoms with E-state index in [0.717, 1.165) is 16.5 Å². The van der Waals surface area contributed by atoms with Gasteiger partial charge in [0.2, 0.25) is 0 Å². The highest BCUT2D eigenvalue weighted by Gasteiger charge is 2.12. The number of thiophene rings is 1. The van der Waals surface area contributed by atoms with Crippen molar-refractivity contribution in [2.45, 2.75) is 12.5 Å². The SMILES string of the molecule is NC(Cc1ccoc1)c1sccc1Br. The van der Waals surface area contributed by atoms with Crippen LogP contribution in [0.1, 0.15) is 16.5 Å². The molecule has 0 fully saturated rings. The minimum Gasteiger partial charge on any atom is -0.472 e. The van der Waals surface area contributed by atoms with Crippen molar-refractivity contribution in [1.29, 1.82) is 0 Å². The number of furan rings is 1. The van der Waals surface area contributed by atoms with E-state index in [-0.39, 0.29) is 6.04 Å². The van der Waals surface area contributed by atoms with E-state index in [1.807, 2.05) is 17.5 Å². The molecule has 2 N–H and O–H groups in total. The highest BCUT2D eigenvalue weighted by Crippen LogP contribution is 2.29. The predicted octanol–water partition coefficient (Wildman–Crippen LogP) is 3.35. The largest absolute Gasteiger partial charge is 0.472 e. The molecule has 0 spiro atoms. The first-order chi connectivity index (χ1) is 6.77. The van der Waals surface area contributed by atoms with Crippen molar-refractivity contribution in [1.82, 2.24) is 0 Å². The number of hydrogen-bond acceptors (Lipinski definition) is 3. The van der Waals surface area contributed by atoms with Gasteiger partial charge in [0, 0.05) is 15.4 Å². The van der Waals surface area contributed by atoms with Crippen molar-refractivity contribution < 1.29 is 4.42 Å². The molecule has 0 radical (unpaired) electrons. The molecule has 4 heteroatoms. The summed E-state index contributed by atoms with van der Waals surface area (Å²) >= 11 is 5.15. The van der Waals surface area contributed by atoms with E-state index in [2.05, 4.69) is 15.9 Å². The molecule has 0 bridgehead atoms. The Morgan fingerprint density at radius 3 is 2.93 bits per heavy atom. The zero-order valence-corrected chi connectivity index (χ0v) is 9.85. The lowest BCUT2D eigenvalue weighted by molar-refractivity contribution is 0.561. The zero-order chi connectivity index (χ0) is 9.97. The minimum atomic E-state index is 0.0435. The molecule has 0 saturated carbocycles. The van der Waals surface area contributed by atoms with E-state index in [4.69, 9.17) is 10.2 Å². The van der Waals surface area contributed by atoms with Crippen LogP contribution in [0.2, 0.25) is 0 Å². The van der Waals surface area contributed by atoms with E-state index >= 15 is 0 Å². The van der Waals surface area contributed by atoms with E-state index in [1.165, 1.54) is 4.88 Å². The Bertz CT molecular complexity index is 396. The van der Waals surface area contributed by atoms with Gasteiger partial charge in [-0.3, -0.25) is 0 Å². The summed E-state index contributed by atoms with van der Waals surface area (Å²) < 4.78 is 6.09. The zero-order valence-electron chi connectivity index (χ0n) is 7.44. The number of halogens is 1. The molecule has 74 valence electrons. The second-order valence-electron chi connectivity index (χ2n) is 3.08. The standard InChI is InChI=1S/C10H10BrNOS/c11-8-2-4-14-10(8)9(12)5-7-1-3-13-6-7/h1-4,6,9H,5,12H2. The van der Waals surface area contributed by atoms with Crippen LogP contribution >= 0.6 is 27.3 Å². The van der Waals surface area contributed by atoms with Crippen molar-refractivity contribution >= 4 is 27.3 Å². The van der Waals surface area contributed by atoms with Crippen LogP contribution in [0.3, 0.4) is 0 Å². The fraction of sp³-hybridized carbons (Fsp3) is 0.200. The van der Waals surface area contributed by atoms with Gasteiger partial charge in [-0.1, -0.05) is 0 Å². The average Bonchev–Trinajstić information content (AvgIpc) is 2.75. The summed E-state index contributed by atoms with van der Waals surface area (Å²) in [6.45, 7) is 0. The molecule has 14 heavy (non-hydrogen) atoms. The second kappa shape index (κ2) is 4.29. The normalized spacial score (nSPS) is 13.0. The maximum atomic E-state index is 6.07. The van der Waals surface area contributed by atoms with E-state index in [0.29, 0.717) is 0 Å². The maximum absolute atomic E-state index is 6.07. The van der Waals surface area contributed by atoms with Crippen molar-refractivity contribution in [2.75, 3.05) is 0 Å². The summed E-state index contributed by atoms with van der Waals surface area (Å²) in [4.78, 5) is 1.19. The molecular weight excluding hydrogens is 262 g/mol. The van der Waals surface area contributed by atoms with Gasteiger partial charge in [-0.25, -0.2) is 0 Å². The lowest BCUT2D eigenvalue weighted by Crippen LogP contribution is -2.11. The molecule has 0 saturated heterocycles. The van der Waals surface area contributed by atoms with Gasteiger partial charge in [0.05, 0.1) is 12.5 Å². The number of rotatable bonds is 3. The third-order valence-corrected chi connectivity index (χ3v) is 4.02. The monoisotopic (exact) mass is 271 g/mol.